The van der Waals surface area contributed by atoms with Crippen LogP contribution >= 0.6 is 11.3 Å². The van der Waals surface area contributed by atoms with Gasteiger partial charge in [0.2, 0.25) is 5.91 Å². The Morgan fingerprint density at radius 3 is 2.89 bits per heavy atom. The van der Waals surface area contributed by atoms with Crippen LogP contribution < -0.4 is 4.74 Å². The minimum absolute atomic E-state index is 0.124. The molecule has 0 radical (unpaired) electrons. The number of rotatable bonds is 3. The van der Waals surface area contributed by atoms with Gasteiger partial charge < -0.3 is 9.64 Å². The molecule has 5 heteroatoms. The van der Waals surface area contributed by atoms with Gasteiger partial charge in [0.1, 0.15) is 6.10 Å². The second-order valence-electron chi connectivity index (χ2n) is 5.45. The van der Waals surface area contributed by atoms with E-state index in [4.69, 9.17) is 4.74 Å². The van der Waals surface area contributed by atoms with E-state index >= 15 is 0 Å². The van der Waals surface area contributed by atoms with Crippen molar-refractivity contribution in [2.75, 3.05) is 13.1 Å². The largest absolute Gasteiger partial charge is 0.465 e. The molecule has 4 nitrogen and oxygen atoms in total. The van der Waals surface area contributed by atoms with E-state index in [1.165, 1.54) is 30.6 Å². The molecule has 1 unspecified atom stereocenters. The fourth-order valence-corrected chi connectivity index (χ4v) is 3.59. The van der Waals surface area contributed by atoms with Crippen LogP contribution in [0.15, 0.2) is 11.6 Å². The summed E-state index contributed by atoms with van der Waals surface area (Å²) in [5, 5.41) is 2.63. The lowest BCUT2D eigenvalue weighted by Gasteiger charge is -2.26. The zero-order valence-electron chi connectivity index (χ0n) is 11.1. The molecule has 2 fully saturated rings. The third-order valence-electron chi connectivity index (χ3n) is 4.09. The number of ether oxygens (including phenoxy) is 1. The van der Waals surface area contributed by atoms with Crippen LogP contribution in [-0.4, -0.2) is 35.0 Å². The molecule has 19 heavy (non-hydrogen) atoms. The topological polar surface area (TPSA) is 42.4 Å². The van der Waals surface area contributed by atoms with Crippen LogP contribution in [0, 0.1) is 5.92 Å². The fraction of sp³-hybridized carbons (Fsp3) is 0.714. The van der Waals surface area contributed by atoms with Crippen molar-refractivity contribution in [3.05, 3.63) is 11.6 Å². The highest BCUT2D eigenvalue weighted by atomic mass is 32.1. The van der Waals surface area contributed by atoms with E-state index in [1.54, 1.807) is 6.20 Å². The van der Waals surface area contributed by atoms with E-state index in [-0.39, 0.29) is 12.0 Å². The van der Waals surface area contributed by atoms with E-state index in [2.05, 4.69) is 4.98 Å². The maximum atomic E-state index is 12.4. The van der Waals surface area contributed by atoms with Crippen LogP contribution in [0.3, 0.4) is 0 Å². The summed E-state index contributed by atoms with van der Waals surface area (Å²) in [5.74, 6) is 0.623. The normalized spacial score (nSPS) is 24.6. The van der Waals surface area contributed by atoms with Gasteiger partial charge in [-0.3, -0.25) is 4.79 Å². The Morgan fingerprint density at radius 2 is 2.16 bits per heavy atom. The van der Waals surface area contributed by atoms with Gasteiger partial charge in [0.25, 0.3) is 5.19 Å². The number of thiazole rings is 1. The quantitative estimate of drug-likeness (QED) is 0.855. The highest BCUT2D eigenvalue weighted by molar-refractivity contribution is 7.11. The predicted octanol–water partition coefficient (Wildman–Crippen LogP) is 2.70. The van der Waals surface area contributed by atoms with Crippen LogP contribution in [0.4, 0.5) is 0 Å². The molecule has 2 aliphatic rings. The van der Waals surface area contributed by atoms with Gasteiger partial charge in [0.15, 0.2) is 0 Å². The van der Waals surface area contributed by atoms with Crippen molar-refractivity contribution in [1.82, 2.24) is 9.88 Å². The first-order chi connectivity index (χ1) is 9.33. The molecule has 2 heterocycles. The zero-order valence-corrected chi connectivity index (χ0v) is 11.9. The van der Waals surface area contributed by atoms with Gasteiger partial charge in [-0.15, -0.1) is 0 Å². The summed E-state index contributed by atoms with van der Waals surface area (Å²) in [5.41, 5.74) is 0. The number of aromatic nitrogens is 1. The van der Waals surface area contributed by atoms with Gasteiger partial charge in [0, 0.05) is 30.5 Å². The van der Waals surface area contributed by atoms with Crippen molar-refractivity contribution in [3.8, 4) is 5.19 Å². The Balaban J connectivity index is 1.52. The molecule has 0 aromatic carbocycles. The summed E-state index contributed by atoms with van der Waals surface area (Å²) in [4.78, 5) is 18.5. The highest BCUT2D eigenvalue weighted by Gasteiger charge is 2.32. The molecule has 104 valence electrons. The molecule has 1 aromatic rings. The van der Waals surface area contributed by atoms with E-state index in [0.29, 0.717) is 5.91 Å². The summed E-state index contributed by atoms with van der Waals surface area (Å²) in [6, 6.07) is 0. The van der Waals surface area contributed by atoms with Crippen LogP contribution in [0.5, 0.6) is 5.19 Å². The van der Waals surface area contributed by atoms with Gasteiger partial charge in [-0.25, -0.2) is 4.98 Å². The SMILES string of the molecule is O=C(C1CCCCC1)N1CCC(Oc2nccs2)C1. The Bertz CT molecular complexity index is 415. The number of hydrogen-bond donors (Lipinski definition) is 0. The highest BCUT2D eigenvalue weighted by Crippen LogP contribution is 2.27. The number of likely N-dealkylation sites (tertiary alicyclic amines) is 1. The smallest absolute Gasteiger partial charge is 0.273 e. The molecule has 1 saturated carbocycles. The molecule has 1 aliphatic carbocycles. The lowest BCUT2D eigenvalue weighted by atomic mass is 9.88. The van der Waals surface area contributed by atoms with Crippen molar-refractivity contribution >= 4 is 17.2 Å². The number of nitrogens with zero attached hydrogens (tertiary/aromatic N) is 2. The lowest BCUT2D eigenvalue weighted by Crippen LogP contribution is -2.36. The number of hydrogen-bond acceptors (Lipinski definition) is 4. The number of amides is 1. The summed E-state index contributed by atoms with van der Waals surface area (Å²) in [6.07, 6.45) is 8.67. The van der Waals surface area contributed by atoms with Crippen molar-refractivity contribution in [1.29, 1.82) is 0 Å². The van der Waals surface area contributed by atoms with Gasteiger partial charge in [-0.05, 0) is 12.8 Å². The van der Waals surface area contributed by atoms with E-state index in [1.807, 2.05) is 10.3 Å². The molecular formula is C14H20N2O2S. The summed E-state index contributed by atoms with van der Waals surface area (Å²) >= 11 is 1.51. The Morgan fingerprint density at radius 1 is 1.32 bits per heavy atom. The average molecular weight is 280 g/mol. The summed E-state index contributed by atoms with van der Waals surface area (Å²) in [7, 11) is 0. The van der Waals surface area contributed by atoms with Crippen LogP contribution in [0.2, 0.25) is 0 Å². The molecule has 0 spiro atoms. The lowest BCUT2D eigenvalue weighted by molar-refractivity contribution is -0.135. The molecule has 1 saturated heterocycles. The summed E-state index contributed by atoms with van der Waals surface area (Å²) in [6.45, 7) is 1.57. The Kier molecular flexibility index (Phi) is 4.01. The fourth-order valence-electron chi connectivity index (χ4n) is 3.04. The first-order valence-electron chi connectivity index (χ1n) is 7.18. The zero-order chi connectivity index (χ0) is 13.1. The molecule has 1 amide bonds. The van der Waals surface area contributed by atoms with Crippen LogP contribution in [0.25, 0.3) is 0 Å². The van der Waals surface area contributed by atoms with Gasteiger partial charge in [0.05, 0.1) is 6.54 Å². The van der Waals surface area contributed by atoms with Crippen molar-refractivity contribution in [2.24, 2.45) is 5.92 Å². The van der Waals surface area contributed by atoms with Crippen molar-refractivity contribution in [2.45, 2.75) is 44.6 Å². The molecule has 1 aliphatic heterocycles. The second kappa shape index (κ2) is 5.90. The minimum Gasteiger partial charge on any atom is -0.465 e. The van der Waals surface area contributed by atoms with Crippen molar-refractivity contribution < 1.29 is 9.53 Å². The minimum atomic E-state index is 0.124. The summed E-state index contributed by atoms with van der Waals surface area (Å²) < 4.78 is 5.80. The molecule has 3 rings (SSSR count). The maximum absolute atomic E-state index is 12.4. The van der Waals surface area contributed by atoms with Crippen molar-refractivity contribution in [3.63, 3.8) is 0 Å². The number of carbonyl (C=O) groups is 1. The monoisotopic (exact) mass is 280 g/mol. The first kappa shape index (κ1) is 12.9. The third kappa shape index (κ3) is 3.08. The van der Waals surface area contributed by atoms with Crippen LogP contribution in [0.1, 0.15) is 38.5 Å². The van der Waals surface area contributed by atoms with E-state index < -0.39 is 0 Å². The average Bonchev–Trinajstić information content (AvgIpc) is 3.11. The van der Waals surface area contributed by atoms with Gasteiger partial charge in [-0.2, -0.15) is 0 Å². The number of carbonyl (C=O) groups excluding carboxylic acids is 1. The predicted molar refractivity (Wildman–Crippen MR) is 74.3 cm³/mol. The molecule has 1 atom stereocenters. The molecule has 0 bridgehead atoms. The molecule has 1 aromatic heterocycles. The molecular weight excluding hydrogens is 260 g/mol. The van der Waals surface area contributed by atoms with E-state index in [0.717, 1.165) is 37.5 Å². The Labute approximate surface area is 117 Å². The van der Waals surface area contributed by atoms with E-state index in [9.17, 15) is 4.79 Å². The third-order valence-corrected chi connectivity index (χ3v) is 4.75. The second-order valence-corrected chi connectivity index (χ2v) is 6.30. The first-order valence-corrected chi connectivity index (χ1v) is 8.06. The standard InChI is InChI=1S/C14H20N2O2S/c17-13(11-4-2-1-3-5-11)16-8-6-12(10-16)18-14-15-7-9-19-14/h7,9,11-12H,1-6,8,10H2. The van der Waals surface area contributed by atoms with Gasteiger partial charge >= 0.3 is 0 Å². The van der Waals surface area contributed by atoms with Gasteiger partial charge in [-0.1, -0.05) is 30.6 Å². The van der Waals surface area contributed by atoms with Crippen LogP contribution in [-0.2, 0) is 4.79 Å². The maximum Gasteiger partial charge on any atom is 0.273 e. The molecule has 0 N–H and O–H groups in total. The Hall–Kier alpha value is -1.10.